The monoisotopic (exact) mass is 280 g/mol. The normalized spacial score (nSPS) is 15.2. The van der Waals surface area contributed by atoms with Crippen molar-refractivity contribution in [2.24, 2.45) is 4.99 Å². The van der Waals surface area contributed by atoms with Gasteiger partial charge in [-0.1, -0.05) is 36.4 Å². The zero-order valence-electron chi connectivity index (χ0n) is 11.3. The van der Waals surface area contributed by atoms with Crippen molar-refractivity contribution in [2.45, 2.75) is 0 Å². The molecule has 1 aliphatic heterocycles. The highest BCUT2D eigenvalue weighted by molar-refractivity contribution is 6.56. The van der Waals surface area contributed by atoms with Gasteiger partial charge in [0.1, 0.15) is 5.71 Å². The lowest BCUT2D eigenvalue weighted by molar-refractivity contribution is -0.111. The van der Waals surface area contributed by atoms with E-state index in [1.165, 1.54) is 12.0 Å². The van der Waals surface area contributed by atoms with Crippen LogP contribution >= 0.6 is 0 Å². The van der Waals surface area contributed by atoms with E-state index >= 15 is 0 Å². The number of hydrogen-bond acceptors (Lipinski definition) is 3. The third-order valence-corrected chi connectivity index (χ3v) is 3.20. The second-order valence-electron chi connectivity index (χ2n) is 4.42. The van der Waals surface area contributed by atoms with Crippen LogP contribution in [0.4, 0.5) is 16.2 Å². The van der Waals surface area contributed by atoms with Gasteiger partial charge in [-0.05, 0) is 18.2 Å². The average Bonchev–Trinajstić information content (AvgIpc) is 2.80. The molecule has 0 atom stereocenters. The Kier molecular flexibility index (Phi) is 3.23. The molecule has 1 heterocycles. The average molecular weight is 280 g/mol. The van der Waals surface area contributed by atoms with Crippen molar-refractivity contribution in [3.63, 3.8) is 0 Å². The van der Waals surface area contributed by atoms with Crippen molar-refractivity contribution in [2.75, 3.05) is 12.0 Å². The summed E-state index contributed by atoms with van der Waals surface area (Å²) in [5.74, 6) is -0.340. The van der Waals surface area contributed by atoms with Crippen molar-refractivity contribution in [1.82, 2.24) is 0 Å². The van der Waals surface area contributed by atoms with Gasteiger partial charge in [0.2, 0.25) is 0 Å². The molecule has 0 saturated carbocycles. The Balaban J connectivity index is 2.15. The summed E-state index contributed by atoms with van der Waals surface area (Å²) in [5.41, 5.74) is 2.15. The molecule has 0 spiro atoms. The Hall–Kier alpha value is -2.95. The summed E-state index contributed by atoms with van der Waals surface area (Å²) in [7, 11) is 1.23. The fraction of sp³-hybridized carbons (Fsp3) is 0.0625. The lowest BCUT2D eigenvalue weighted by Gasteiger charge is -2.16. The minimum Gasteiger partial charge on any atom is -0.451 e. The van der Waals surface area contributed by atoms with Gasteiger partial charge in [-0.15, -0.1) is 0 Å². The topological polar surface area (TPSA) is 59.0 Å². The van der Waals surface area contributed by atoms with E-state index in [2.05, 4.69) is 9.73 Å². The van der Waals surface area contributed by atoms with Gasteiger partial charge in [-0.2, -0.15) is 4.99 Å². The maximum atomic E-state index is 12.6. The SMILES string of the molecule is COC(=O)N=C1C(=O)N(c2ccccc2)c2ccccc21. The smallest absolute Gasteiger partial charge is 0.434 e. The first kappa shape index (κ1) is 13.1. The van der Waals surface area contributed by atoms with Crippen LogP contribution in [0.2, 0.25) is 0 Å². The lowest BCUT2D eigenvalue weighted by Crippen LogP contribution is -2.26. The van der Waals surface area contributed by atoms with Crippen LogP contribution in [0.25, 0.3) is 0 Å². The van der Waals surface area contributed by atoms with Crippen LogP contribution < -0.4 is 4.90 Å². The van der Waals surface area contributed by atoms with Crippen LogP contribution in [0, 0.1) is 0 Å². The van der Waals surface area contributed by atoms with Crippen molar-refractivity contribution >= 4 is 29.1 Å². The molecule has 1 aliphatic rings. The fourth-order valence-electron chi connectivity index (χ4n) is 2.28. The van der Waals surface area contributed by atoms with Crippen molar-refractivity contribution < 1.29 is 14.3 Å². The third-order valence-electron chi connectivity index (χ3n) is 3.20. The minimum absolute atomic E-state index is 0.0984. The lowest BCUT2D eigenvalue weighted by atomic mass is 10.1. The number of nitrogens with zero attached hydrogens (tertiary/aromatic N) is 2. The zero-order chi connectivity index (χ0) is 14.8. The van der Waals surface area contributed by atoms with E-state index in [0.29, 0.717) is 11.3 Å². The molecule has 3 rings (SSSR count). The molecule has 2 aromatic carbocycles. The number of fused-ring (bicyclic) bond motifs is 1. The molecular weight excluding hydrogens is 268 g/mol. The van der Waals surface area contributed by atoms with Crippen LogP contribution in [0.1, 0.15) is 5.56 Å². The first-order valence-corrected chi connectivity index (χ1v) is 6.38. The van der Waals surface area contributed by atoms with Gasteiger partial charge in [-0.25, -0.2) is 4.79 Å². The summed E-state index contributed by atoms with van der Waals surface area (Å²) < 4.78 is 4.52. The van der Waals surface area contributed by atoms with Crippen molar-refractivity contribution in [3.8, 4) is 0 Å². The summed E-state index contributed by atoms with van der Waals surface area (Å²) in [4.78, 5) is 29.3. The number of anilines is 2. The number of carbonyl (C=O) groups excluding carboxylic acids is 2. The first-order chi connectivity index (χ1) is 10.2. The molecule has 2 aromatic rings. The van der Waals surface area contributed by atoms with E-state index in [1.807, 2.05) is 42.5 Å². The number of amides is 2. The van der Waals surface area contributed by atoms with Gasteiger partial charge >= 0.3 is 6.09 Å². The maximum Gasteiger partial charge on any atom is 0.434 e. The third kappa shape index (κ3) is 2.18. The Labute approximate surface area is 121 Å². The van der Waals surface area contributed by atoms with E-state index in [-0.39, 0.29) is 11.6 Å². The first-order valence-electron chi connectivity index (χ1n) is 6.38. The Morgan fingerprint density at radius 2 is 1.71 bits per heavy atom. The van der Waals surface area contributed by atoms with Gasteiger partial charge in [0.05, 0.1) is 12.8 Å². The highest BCUT2D eigenvalue weighted by atomic mass is 16.5. The van der Waals surface area contributed by atoms with E-state index in [1.54, 1.807) is 12.1 Å². The van der Waals surface area contributed by atoms with Gasteiger partial charge in [0.15, 0.2) is 0 Å². The van der Waals surface area contributed by atoms with Crippen LogP contribution in [0.15, 0.2) is 59.6 Å². The van der Waals surface area contributed by atoms with E-state index in [4.69, 9.17) is 0 Å². The summed E-state index contributed by atoms with van der Waals surface area (Å²) in [6.45, 7) is 0. The van der Waals surface area contributed by atoms with Crippen LogP contribution in [0.3, 0.4) is 0 Å². The van der Waals surface area contributed by atoms with Crippen LogP contribution in [0.5, 0.6) is 0 Å². The molecule has 0 fully saturated rings. The minimum atomic E-state index is -0.789. The summed E-state index contributed by atoms with van der Waals surface area (Å²) in [6.07, 6.45) is -0.789. The molecule has 21 heavy (non-hydrogen) atoms. The van der Waals surface area contributed by atoms with Crippen LogP contribution in [-0.4, -0.2) is 24.8 Å². The molecule has 0 unspecified atom stereocenters. The number of ether oxygens (including phenoxy) is 1. The van der Waals surface area contributed by atoms with E-state index in [0.717, 1.165) is 5.69 Å². The maximum absolute atomic E-state index is 12.6. The summed E-state index contributed by atoms with van der Waals surface area (Å²) in [6, 6.07) is 16.4. The molecule has 0 aromatic heterocycles. The number of para-hydroxylation sites is 2. The van der Waals surface area contributed by atoms with Gasteiger partial charge in [0, 0.05) is 11.3 Å². The standard InChI is InChI=1S/C16H12N2O3/c1-21-16(20)17-14-12-9-5-6-10-13(12)18(15(14)19)11-7-3-2-4-8-11/h2-10H,1H3. The highest BCUT2D eigenvalue weighted by Gasteiger charge is 2.35. The number of aliphatic imine (C=N–C) groups is 1. The Morgan fingerprint density at radius 1 is 1.05 bits per heavy atom. The largest absolute Gasteiger partial charge is 0.451 e. The van der Waals surface area contributed by atoms with E-state index < -0.39 is 6.09 Å². The molecule has 0 aliphatic carbocycles. The van der Waals surface area contributed by atoms with Gasteiger partial charge in [0.25, 0.3) is 5.91 Å². The number of hydrogen-bond donors (Lipinski definition) is 0. The molecule has 0 N–H and O–H groups in total. The number of carbonyl (C=O) groups is 2. The van der Waals surface area contributed by atoms with Crippen LogP contribution in [-0.2, 0) is 9.53 Å². The molecule has 5 nitrogen and oxygen atoms in total. The predicted molar refractivity (Wildman–Crippen MR) is 79.0 cm³/mol. The number of methoxy groups -OCH3 is 1. The molecule has 0 radical (unpaired) electrons. The molecule has 104 valence electrons. The summed E-state index contributed by atoms with van der Waals surface area (Å²) >= 11 is 0. The van der Waals surface area contributed by atoms with E-state index in [9.17, 15) is 9.59 Å². The zero-order valence-corrected chi connectivity index (χ0v) is 11.3. The Bertz CT molecular complexity index is 738. The second-order valence-corrected chi connectivity index (χ2v) is 4.42. The fourth-order valence-corrected chi connectivity index (χ4v) is 2.28. The predicted octanol–water partition coefficient (Wildman–Crippen LogP) is 2.92. The van der Waals surface area contributed by atoms with Crippen molar-refractivity contribution in [1.29, 1.82) is 0 Å². The molecule has 0 bridgehead atoms. The Morgan fingerprint density at radius 3 is 2.43 bits per heavy atom. The van der Waals surface area contributed by atoms with Crippen molar-refractivity contribution in [3.05, 3.63) is 60.2 Å². The quantitative estimate of drug-likeness (QED) is 0.807. The van der Waals surface area contributed by atoms with Gasteiger partial charge in [-0.3, -0.25) is 9.69 Å². The highest BCUT2D eigenvalue weighted by Crippen LogP contribution is 2.35. The van der Waals surface area contributed by atoms with Gasteiger partial charge < -0.3 is 4.74 Å². The second kappa shape index (κ2) is 5.20. The molecule has 2 amide bonds. The number of rotatable bonds is 1. The number of benzene rings is 2. The molecule has 5 heteroatoms. The summed E-state index contributed by atoms with van der Waals surface area (Å²) in [5, 5.41) is 0. The molecule has 0 saturated heterocycles. The molecular formula is C16H12N2O3.